The van der Waals surface area contributed by atoms with Gasteiger partial charge in [-0.2, -0.15) is 0 Å². The lowest BCUT2D eigenvalue weighted by atomic mass is 10.1. The lowest BCUT2D eigenvalue weighted by molar-refractivity contribution is 0.0601. The molecule has 25 heavy (non-hydrogen) atoms. The van der Waals surface area contributed by atoms with Crippen LogP contribution in [0.2, 0.25) is 0 Å². The average Bonchev–Trinajstić information content (AvgIpc) is 2.65. The summed E-state index contributed by atoms with van der Waals surface area (Å²) in [4.78, 5) is 16.0. The van der Waals surface area contributed by atoms with Crippen molar-refractivity contribution in [1.29, 1.82) is 0 Å². The van der Waals surface area contributed by atoms with Gasteiger partial charge in [-0.1, -0.05) is 12.1 Å². The van der Waals surface area contributed by atoms with Gasteiger partial charge in [0.15, 0.2) is 11.6 Å². The Kier molecular flexibility index (Phi) is 4.70. The topological polar surface area (TPSA) is 83.7 Å². The Morgan fingerprint density at radius 2 is 1.84 bits per heavy atom. The number of hydrogen-bond acceptors (Lipinski definition) is 6. The van der Waals surface area contributed by atoms with Gasteiger partial charge >= 0.3 is 5.97 Å². The van der Waals surface area contributed by atoms with Gasteiger partial charge < -0.3 is 19.9 Å². The van der Waals surface area contributed by atoms with Gasteiger partial charge in [-0.05, 0) is 42.0 Å². The van der Waals surface area contributed by atoms with Crippen LogP contribution in [0.15, 0.2) is 48.5 Å². The molecule has 0 aliphatic rings. The normalized spacial score (nSPS) is 10.5. The number of anilines is 1. The van der Waals surface area contributed by atoms with Gasteiger partial charge in [0.05, 0.1) is 25.3 Å². The maximum atomic E-state index is 11.7. The lowest BCUT2D eigenvalue weighted by Crippen LogP contribution is -2.03. The number of nitrogens with zero attached hydrogens (tertiary/aromatic N) is 1. The molecule has 0 saturated carbocycles. The van der Waals surface area contributed by atoms with Gasteiger partial charge in [-0.3, -0.25) is 0 Å². The number of methoxy groups -OCH3 is 2. The first-order chi connectivity index (χ1) is 12.1. The van der Waals surface area contributed by atoms with E-state index in [1.165, 1.54) is 7.11 Å². The molecule has 1 aromatic heterocycles. The van der Waals surface area contributed by atoms with E-state index in [1.807, 2.05) is 24.3 Å². The van der Waals surface area contributed by atoms with E-state index in [0.717, 1.165) is 16.7 Å². The van der Waals surface area contributed by atoms with Crippen molar-refractivity contribution in [2.45, 2.75) is 6.61 Å². The molecule has 0 amide bonds. The number of benzene rings is 2. The molecule has 0 saturated heterocycles. The minimum atomic E-state index is -0.403. The predicted molar refractivity (Wildman–Crippen MR) is 94.8 cm³/mol. The number of hydrogen-bond donors (Lipinski definition) is 1. The van der Waals surface area contributed by atoms with Gasteiger partial charge in [0.25, 0.3) is 0 Å². The van der Waals surface area contributed by atoms with Gasteiger partial charge in [-0.25, -0.2) is 9.78 Å². The summed E-state index contributed by atoms with van der Waals surface area (Å²) in [5.41, 5.74) is 8.08. The molecule has 0 aliphatic heterocycles. The van der Waals surface area contributed by atoms with E-state index in [4.69, 9.17) is 19.9 Å². The Labute approximate surface area is 145 Å². The minimum Gasteiger partial charge on any atom is -0.497 e. The second kappa shape index (κ2) is 7.09. The summed E-state index contributed by atoms with van der Waals surface area (Å²) >= 11 is 0. The molecular weight excluding hydrogens is 320 g/mol. The van der Waals surface area contributed by atoms with Crippen molar-refractivity contribution < 1.29 is 19.0 Å². The van der Waals surface area contributed by atoms with Crippen LogP contribution in [0.5, 0.6) is 11.5 Å². The lowest BCUT2D eigenvalue weighted by Gasteiger charge is -2.10. The number of fused-ring (bicyclic) bond motifs is 1. The molecule has 6 heteroatoms. The van der Waals surface area contributed by atoms with Crippen LogP contribution in [0.4, 0.5) is 5.82 Å². The summed E-state index contributed by atoms with van der Waals surface area (Å²) in [6, 6.07) is 14.4. The van der Waals surface area contributed by atoms with Crippen molar-refractivity contribution in [1.82, 2.24) is 4.98 Å². The van der Waals surface area contributed by atoms with E-state index in [9.17, 15) is 4.79 Å². The Bertz CT molecular complexity index is 907. The van der Waals surface area contributed by atoms with Gasteiger partial charge in [-0.15, -0.1) is 0 Å². The van der Waals surface area contributed by atoms with Crippen LogP contribution in [0, 0.1) is 0 Å². The van der Waals surface area contributed by atoms with Crippen LogP contribution in [-0.4, -0.2) is 25.2 Å². The molecule has 2 aromatic carbocycles. The smallest absolute Gasteiger partial charge is 0.337 e. The van der Waals surface area contributed by atoms with Crippen molar-refractivity contribution in [2.24, 2.45) is 0 Å². The zero-order chi connectivity index (χ0) is 17.8. The summed E-state index contributed by atoms with van der Waals surface area (Å²) in [5, 5.41) is 0.752. The fraction of sp³-hybridized carbons (Fsp3) is 0.158. The van der Waals surface area contributed by atoms with Gasteiger partial charge in [0.1, 0.15) is 12.4 Å². The molecule has 0 aliphatic carbocycles. The first kappa shape index (κ1) is 16.6. The van der Waals surface area contributed by atoms with Crippen LogP contribution in [0.1, 0.15) is 15.9 Å². The Morgan fingerprint density at radius 1 is 1.08 bits per heavy atom. The first-order valence-corrected chi connectivity index (χ1v) is 7.65. The summed E-state index contributed by atoms with van der Waals surface area (Å²) in [6.07, 6.45) is 0. The third-order valence-electron chi connectivity index (χ3n) is 3.78. The first-order valence-electron chi connectivity index (χ1n) is 7.65. The number of carbonyl (C=O) groups excluding carboxylic acids is 1. The zero-order valence-electron chi connectivity index (χ0n) is 14.0. The molecule has 0 bridgehead atoms. The maximum Gasteiger partial charge on any atom is 0.337 e. The van der Waals surface area contributed by atoms with Crippen molar-refractivity contribution in [3.05, 3.63) is 59.7 Å². The molecule has 0 spiro atoms. The molecular formula is C19H18N2O4. The SMILES string of the molecule is COC(=O)c1ccc2nc(N)c(OCc3ccc(OC)cc3)cc2c1. The summed E-state index contributed by atoms with van der Waals surface area (Å²) < 4.78 is 15.7. The Hall–Kier alpha value is -3.28. The summed E-state index contributed by atoms with van der Waals surface area (Å²) in [7, 11) is 2.96. The maximum absolute atomic E-state index is 11.7. The van der Waals surface area contributed by atoms with E-state index >= 15 is 0 Å². The third kappa shape index (κ3) is 3.63. The molecule has 3 aromatic rings. The standard InChI is InChI=1S/C19H18N2O4/c1-23-15-6-3-12(4-7-15)11-25-17-10-14-9-13(19(22)24-2)5-8-16(14)21-18(17)20/h3-10H,11H2,1-2H3,(H2,20,21). The highest BCUT2D eigenvalue weighted by molar-refractivity contribution is 5.95. The summed E-state index contributed by atoms with van der Waals surface area (Å²) in [5.74, 6) is 1.14. The van der Waals surface area contributed by atoms with E-state index in [0.29, 0.717) is 29.3 Å². The molecule has 0 unspecified atom stereocenters. The molecule has 0 radical (unpaired) electrons. The number of nitrogens with two attached hydrogens (primary N) is 1. The van der Waals surface area contributed by atoms with Crippen molar-refractivity contribution in [3.8, 4) is 11.5 Å². The number of pyridine rings is 1. The minimum absolute atomic E-state index is 0.298. The van der Waals surface area contributed by atoms with Crippen LogP contribution in [0.3, 0.4) is 0 Å². The van der Waals surface area contributed by atoms with Crippen LogP contribution < -0.4 is 15.2 Å². The molecule has 0 atom stereocenters. The van der Waals surface area contributed by atoms with Crippen LogP contribution >= 0.6 is 0 Å². The molecule has 6 nitrogen and oxygen atoms in total. The number of rotatable bonds is 5. The summed E-state index contributed by atoms with van der Waals surface area (Å²) in [6.45, 7) is 0.345. The fourth-order valence-corrected chi connectivity index (χ4v) is 2.42. The molecule has 3 rings (SSSR count). The van der Waals surface area contributed by atoms with Crippen molar-refractivity contribution >= 4 is 22.7 Å². The predicted octanol–water partition coefficient (Wildman–Crippen LogP) is 3.19. The second-order valence-corrected chi connectivity index (χ2v) is 5.41. The molecule has 2 N–H and O–H groups in total. The van der Waals surface area contributed by atoms with Crippen LogP contribution in [0.25, 0.3) is 10.9 Å². The van der Waals surface area contributed by atoms with E-state index in [1.54, 1.807) is 31.4 Å². The second-order valence-electron chi connectivity index (χ2n) is 5.41. The molecule has 0 fully saturated rings. The van der Waals surface area contributed by atoms with E-state index in [2.05, 4.69) is 4.98 Å². The van der Waals surface area contributed by atoms with E-state index in [-0.39, 0.29) is 0 Å². The third-order valence-corrected chi connectivity index (χ3v) is 3.78. The molecule has 1 heterocycles. The largest absolute Gasteiger partial charge is 0.497 e. The highest BCUT2D eigenvalue weighted by Crippen LogP contribution is 2.27. The number of nitrogen functional groups attached to an aromatic ring is 1. The van der Waals surface area contributed by atoms with Gasteiger partial charge in [0.2, 0.25) is 0 Å². The quantitative estimate of drug-likeness (QED) is 0.719. The number of esters is 1. The highest BCUT2D eigenvalue weighted by atomic mass is 16.5. The fourth-order valence-electron chi connectivity index (χ4n) is 2.42. The van der Waals surface area contributed by atoms with Crippen LogP contribution in [-0.2, 0) is 11.3 Å². The monoisotopic (exact) mass is 338 g/mol. The Balaban J connectivity index is 1.84. The number of aromatic nitrogens is 1. The van der Waals surface area contributed by atoms with Gasteiger partial charge in [0, 0.05) is 5.39 Å². The van der Waals surface area contributed by atoms with Crippen molar-refractivity contribution in [3.63, 3.8) is 0 Å². The van der Waals surface area contributed by atoms with E-state index < -0.39 is 5.97 Å². The Morgan fingerprint density at radius 3 is 2.52 bits per heavy atom. The number of carbonyl (C=O) groups is 1. The number of ether oxygens (including phenoxy) is 3. The average molecular weight is 338 g/mol. The zero-order valence-corrected chi connectivity index (χ0v) is 14.0. The highest BCUT2D eigenvalue weighted by Gasteiger charge is 2.10. The molecule has 128 valence electrons. The van der Waals surface area contributed by atoms with Crippen molar-refractivity contribution in [2.75, 3.05) is 20.0 Å².